The fourth-order valence-electron chi connectivity index (χ4n) is 6.72. The number of unbranched alkanes of at least 4 members (excludes halogenated alkanes) is 1. The summed E-state index contributed by atoms with van der Waals surface area (Å²) in [5.41, 5.74) is 0.677. The number of carbonyl (C=O) groups is 3. The number of ether oxygens (including phenoxy) is 1. The summed E-state index contributed by atoms with van der Waals surface area (Å²) in [5.74, 6) is -1.95. The normalized spacial score (nSPS) is 30.2. The summed E-state index contributed by atoms with van der Waals surface area (Å²) in [6.07, 6.45) is 10.8. The minimum absolute atomic E-state index is 0.124. The first kappa shape index (κ1) is 26.9. The van der Waals surface area contributed by atoms with E-state index in [1.165, 1.54) is 6.42 Å². The number of amides is 3. The number of carbonyl (C=O) groups excluding carboxylic acids is 3. The molecule has 5 rings (SSSR count). The molecule has 2 N–H and O–H groups in total. The molecule has 4 aliphatic rings. The number of aryl methyl sites for hydroxylation is 1. The molecule has 3 heterocycles. The SMILES string of the molecule is CCCCN(C)CCN1C(=O)[C@@H]2[C@H](C(=O)Nc3ccc(C)cc3)[C@@H]3C=C[C@@]2(O3)[C@H]1C(=O)NC1CCCCC1. The summed E-state index contributed by atoms with van der Waals surface area (Å²) in [6, 6.07) is 6.96. The average Bonchev–Trinajstić information content (AvgIpc) is 3.55. The maximum absolute atomic E-state index is 14.1. The lowest BCUT2D eigenvalue weighted by atomic mass is 9.74. The average molecular weight is 523 g/mol. The van der Waals surface area contributed by atoms with Crippen LogP contribution in [0.5, 0.6) is 0 Å². The fourth-order valence-corrected chi connectivity index (χ4v) is 6.72. The molecule has 206 valence electrons. The van der Waals surface area contributed by atoms with Crippen LogP contribution < -0.4 is 10.6 Å². The van der Waals surface area contributed by atoms with E-state index in [1.807, 2.05) is 50.4 Å². The van der Waals surface area contributed by atoms with Gasteiger partial charge in [-0.2, -0.15) is 0 Å². The van der Waals surface area contributed by atoms with Crippen LogP contribution in [0.3, 0.4) is 0 Å². The molecule has 3 amide bonds. The Morgan fingerprint density at radius 2 is 1.84 bits per heavy atom. The number of hydrogen-bond acceptors (Lipinski definition) is 5. The third-order valence-electron chi connectivity index (χ3n) is 8.81. The van der Waals surface area contributed by atoms with Crippen LogP contribution in [0.25, 0.3) is 0 Å². The summed E-state index contributed by atoms with van der Waals surface area (Å²) in [7, 11) is 2.05. The number of benzene rings is 1. The van der Waals surface area contributed by atoms with Crippen molar-refractivity contribution in [1.82, 2.24) is 15.1 Å². The number of anilines is 1. The molecule has 1 aliphatic carbocycles. The zero-order chi connectivity index (χ0) is 26.9. The lowest BCUT2D eigenvalue weighted by Crippen LogP contribution is -2.57. The summed E-state index contributed by atoms with van der Waals surface area (Å²) in [6.45, 7) is 6.18. The van der Waals surface area contributed by atoms with Gasteiger partial charge in [0.15, 0.2) is 0 Å². The van der Waals surface area contributed by atoms with Crippen LogP contribution in [-0.2, 0) is 19.1 Å². The smallest absolute Gasteiger partial charge is 0.246 e. The molecule has 0 radical (unpaired) electrons. The van der Waals surface area contributed by atoms with E-state index in [-0.39, 0.29) is 23.8 Å². The quantitative estimate of drug-likeness (QED) is 0.461. The number of hydrogen-bond donors (Lipinski definition) is 2. The number of rotatable bonds is 10. The van der Waals surface area contributed by atoms with Gasteiger partial charge in [0.05, 0.1) is 17.9 Å². The largest absolute Gasteiger partial charge is 0.359 e. The standard InChI is InChI=1S/C30H42N4O4/c1-4-5-17-33(3)18-19-34-26(28(36)32-21-9-7-6-8-10-21)30-16-15-23(38-30)24(25(30)29(34)37)27(35)31-22-13-11-20(2)12-14-22/h11-16,21,23-26H,4-10,17-19H2,1-3H3,(H,31,35)(H,32,36)/t23-,24+,25-,26+,30-/m0/s1. The van der Waals surface area contributed by atoms with Gasteiger partial charge in [-0.25, -0.2) is 0 Å². The number of likely N-dealkylation sites (N-methyl/N-ethyl adjacent to an activating group) is 1. The number of likely N-dealkylation sites (tertiary alicyclic amines) is 1. The summed E-state index contributed by atoms with van der Waals surface area (Å²) in [5, 5.41) is 6.24. The van der Waals surface area contributed by atoms with Gasteiger partial charge in [0.25, 0.3) is 0 Å². The van der Waals surface area contributed by atoms with Crippen molar-refractivity contribution in [2.24, 2.45) is 11.8 Å². The highest BCUT2D eigenvalue weighted by atomic mass is 16.5. The van der Waals surface area contributed by atoms with Crippen LogP contribution >= 0.6 is 0 Å². The Kier molecular flexibility index (Phi) is 7.91. The van der Waals surface area contributed by atoms with Crippen molar-refractivity contribution in [1.29, 1.82) is 0 Å². The van der Waals surface area contributed by atoms with E-state index in [0.29, 0.717) is 18.8 Å². The highest BCUT2D eigenvalue weighted by Gasteiger charge is 2.72. The number of nitrogens with zero attached hydrogens (tertiary/aromatic N) is 2. The van der Waals surface area contributed by atoms with Crippen molar-refractivity contribution in [3.63, 3.8) is 0 Å². The van der Waals surface area contributed by atoms with Crippen molar-refractivity contribution < 1.29 is 19.1 Å². The Bertz CT molecular complexity index is 1070. The van der Waals surface area contributed by atoms with Crippen molar-refractivity contribution >= 4 is 23.4 Å². The zero-order valence-corrected chi connectivity index (χ0v) is 22.9. The van der Waals surface area contributed by atoms with Crippen molar-refractivity contribution in [2.45, 2.75) is 82.6 Å². The number of nitrogens with one attached hydrogen (secondary N) is 2. The summed E-state index contributed by atoms with van der Waals surface area (Å²) < 4.78 is 6.46. The van der Waals surface area contributed by atoms with Gasteiger partial charge in [-0.15, -0.1) is 0 Å². The molecular weight excluding hydrogens is 480 g/mol. The highest BCUT2D eigenvalue weighted by Crippen LogP contribution is 2.55. The van der Waals surface area contributed by atoms with Crippen LogP contribution in [0.2, 0.25) is 0 Å². The van der Waals surface area contributed by atoms with Crippen LogP contribution in [0, 0.1) is 18.8 Å². The molecule has 3 aliphatic heterocycles. The first-order chi connectivity index (χ1) is 18.3. The molecule has 1 aromatic rings. The molecule has 1 saturated carbocycles. The molecule has 2 saturated heterocycles. The Balaban J connectivity index is 1.39. The molecular formula is C30H42N4O4. The predicted octanol–water partition coefficient (Wildman–Crippen LogP) is 3.26. The van der Waals surface area contributed by atoms with E-state index in [9.17, 15) is 14.4 Å². The maximum Gasteiger partial charge on any atom is 0.246 e. The Hall–Kier alpha value is -2.71. The number of fused-ring (bicyclic) bond motifs is 1. The van der Waals surface area contributed by atoms with E-state index < -0.39 is 29.6 Å². The maximum atomic E-state index is 14.1. The van der Waals surface area contributed by atoms with Crippen molar-refractivity contribution in [2.75, 3.05) is 32.0 Å². The Morgan fingerprint density at radius 3 is 2.55 bits per heavy atom. The minimum Gasteiger partial charge on any atom is -0.359 e. The molecule has 38 heavy (non-hydrogen) atoms. The second kappa shape index (κ2) is 11.2. The fraction of sp³-hybridized carbons (Fsp3) is 0.633. The van der Waals surface area contributed by atoms with Gasteiger partial charge in [0.1, 0.15) is 11.6 Å². The van der Waals surface area contributed by atoms with E-state index in [1.54, 1.807) is 4.90 Å². The zero-order valence-electron chi connectivity index (χ0n) is 22.9. The third-order valence-corrected chi connectivity index (χ3v) is 8.81. The molecule has 8 heteroatoms. The summed E-state index contributed by atoms with van der Waals surface area (Å²) in [4.78, 5) is 45.4. The van der Waals surface area contributed by atoms with Gasteiger partial charge in [0, 0.05) is 24.8 Å². The van der Waals surface area contributed by atoms with Crippen LogP contribution in [0.15, 0.2) is 36.4 Å². The predicted molar refractivity (Wildman–Crippen MR) is 146 cm³/mol. The highest BCUT2D eigenvalue weighted by molar-refractivity contribution is 6.02. The van der Waals surface area contributed by atoms with E-state index in [2.05, 4.69) is 22.5 Å². The molecule has 3 fully saturated rings. The molecule has 5 atom stereocenters. The second-order valence-electron chi connectivity index (χ2n) is 11.6. The van der Waals surface area contributed by atoms with E-state index in [4.69, 9.17) is 4.74 Å². The van der Waals surface area contributed by atoms with Gasteiger partial charge in [-0.05, 0) is 51.9 Å². The Morgan fingerprint density at radius 1 is 1.11 bits per heavy atom. The van der Waals surface area contributed by atoms with Crippen LogP contribution in [0.1, 0.15) is 57.4 Å². The second-order valence-corrected chi connectivity index (χ2v) is 11.6. The first-order valence-electron chi connectivity index (χ1n) is 14.4. The minimum atomic E-state index is -1.11. The van der Waals surface area contributed by atoms with Gasteiger partial charge in [-0.1, -0.05) is 62.5 Å². The van der Waals surface area contributed by atoms with Crippen molar-refractivity contribution in [3.8, 4) is 0 Å². The molecule has 1 spiro atoms. The van der Waals surface area contributed by atoms with Crippen LogP contribution in [0.4, 0.5) is 5.69 Å². The lowest BCUT2D eigenvalue weighted by Gasteiger charge is -2.34. The van der Waals surface area contributed by atoms with Gasteiger partial charge >= 0.3 is 0 Å². The Labute approximate surface area is 226 Å². The van der Waals surface area contributed by atoms with Crippen LogP contribution in [-0.4, -0.2) is 78.0 Å². The van der Waals surface area contributed by atoms with E-state index >= 15 is 0 Å². The van der Waals surface area contributed by atoms with Gasteiger partial charge in [0.2, 0.25) is 17.7 Å². The molecule has 1 aromatic carbocycles. The van der Waals surface area contributed by atoms with Gasteiger partial charge < -0.3 is 25.2 Å². The molecule has 0 unspecified atom stereocenters. The molecule has 8 nitrogen and oxygen atoms in total. The monoisotopic (exact) mass is 522 g/mol. The van der Waals surface area contributed by atoms with Gasteiger partial charge in [-0.3, -0.25) is 14.4 Å². The topological polar surface area (TPSA) is 91.0 Å². The third kappa shape index (κ3) is 5.00. The van der Waals surface area contributed by atoms with E-state index in [0.717, 1.165) is 50.6 Å². The first-order valence-corrected chi connectivity index (χ1v) is 14.4. The van der Waals surface area contributed by atoms with Crippen molar-refractivity contribution in [3.05, 3.63) is 42.0 Å². The lowest BCUT2D eigenvalue weighted by molar-refractivity contribution is -0.141. The molecule has 2 bridgehead atoms. The molecule has 0 aromatic heterocycles. The summed E-state index contributed by atoms with van der Waals surface area (Å²) >= 11 is 0.